The molecule has 3 heterocycles. The Morgan fingerprint density at radius 1 is 1.27 bits per heavy atom. The molecule has 6 nitrogen and oxygen atoms in total. The average molecular weight is 357 g/mol. The van der Waals surface area contributed by atoms with Crippen LogP contribution in [-0.2, 0) is 4.79 Å². The van der Waals surface area contributed by atoms with Gasteiger partial charge in [0, 0.05) is 38.2 Å². The van der Waals surface area contributed by atoms with Gasteiger partial charge in [0.05, 0.1) is 0 Å². The number of aromatic nitrogens is 1. The predicted octanol–water partition coefficient (Wildman–Crippen LogP) is 3.02. The molecule has 2 atom stereocenters. The fourth-order valence-corrected chi connectivity index (χ4v) is 4.71. The molecule has 0 aromatic carbocycles. The first-order chi connectivity index (χ1) is 12.7. The second kappa shape index (κ2) is 7.64. The van der Waals surface area contributed by atoms with E-state index in [1.807, 2.05) is 4.90 Å². The summed E-state index contributed by atoms with van der Waals surface area (Å²) in [6.07, 6.45) is 12.1. The summed E-state index contributed by atoms with van der Waals surface area (Å²) in [5.41, 5.74) is 1.89. The van der Waals surface area contributed by atoms with Gasteiger partial charge < -0.3 is 14.3 Å². The van der Waals surface area contributed by atoms with Crippen LogP contribution in [-0.4, -0.2) is 52.4 Å². The SMILES string of the molecule is O=C(c1ccon1)N1CC[C@@H]2[C@@H](CCC(=O)N2CCC2=CCCCC2)C1. The van der Waals surface area contributed by atoms with Crippen molar-refractivity contribution in [1.29, 1.82) is 0 Å². The van der Waals surface area contributed by atoms with Gasteiger partial charge in [0.1, 0.15) is 6.26 Å². The Hall–Kier alpha value is -2.11. The second-order valence-corrected chi connectivity index (χ2v) is 7.74. The van der Waals surface area contributed by atoms with E-state index in [2.05, 4.69) is 16.1 Å². The van der Waals surface area contributed by atoms with Crippen molar-refractivity contribution in [1.82, 2.24) is 15.0 Å². The molecule has 26 heavy (non-hydrogen) atoms. The number of hydrogen-bond donors (Lipinski definition) is 0. The smallest absolute Gasteiger partial charge is 0.276 e. The Morgan fingerprint density at radius 3 is 2.96 bits per heavy atom. The summed E-state index contributed by atoms with van der Waals surface area (Å²) in [5.74, 6) is 0.601. The van der Waals surface area contributed by atoms with Gasteiger partial charge in [-0.2, -0.15) is 0 Å². The highest BCUT2D eigenvalue weighted by atomic mass is 16.5. The minimum Gasteiger partial charge on any atom is -0.364 e. The van der Waals surface area contributed by atoms with Crippen molar-refractivity contribution in [3.63, 3.8) is 0 Å². The van der Waals surface area contributed by atoms with Crippen LogP contribution in [0.4, 0.5) is 0 Å². The van der Waals surface area contributed by atoms with E-state index in [-0.39, 0.29) is 11.9 Å². The molecule has 4 rings (SSSR count). The van der Waals surface area contributed by atoms with E-state index in [0.717, 1.165) is 25.8 Å². The number of fused-ring (bicyclic) bond motifs is 1. The molecule has 0 bridgehead atoms. The van der Waals surface area contributed by atoms with Crippen molar-refractivity contribution >= 4 is 11.8 Å². The predicted molar refractivity (Wildman–Crippen MR) is 96.4 cm³/mol. The molecule has 0 radical (unpaired) electrons. The van der Waals surface area contributed by atoms with Crippen LogP contribution in [0.5, 0.6) is 0 Å². The van der Waals surface area contributed by atoms with Crippen LogP contribution in [0.3, 0.4) is 0 Å². The third-order valence-corrected chi connectivity index (χ3v) is 6.15. The summed E-state index contributed by atoms with van der Waals surface area (Å²) in [6, 6.07) is 1.89. The van der Waals surface area contributed by atoms with Crippen LogP contribution >= 0.6 is 0 Å². The monoisotopic (exact) mass is 357 g/mol. The largest absolute Gasteiger partial charge is 0.364 e. The van der Waals surface area contributed by atoms with Gasteiger partial charge in [-0.15, -0.1) is 0 Å². The quantitative estimate of drug-likeness (QED) is 0.777. The molecular formula is C20H27N3O3. The number of hydrogen-bond acceptors (Lipinski definition) is 4. The zero-order chi connectivity index (χ0) is 17.9. The van der Waals surface area contributed by atoms with E-state index in [1.54, 1.807) is 6.07 Å². The lowest BCUT2D eigenvalue weighted by Gasteiger charge is -2.47. The molecule has 140 valence electrons. The summed E-state index contributed by atoms with van der Waals surface area (Å²) in [4.78, 5) is 29.0. The Morgan fingerprint density at radius 2 is 2.19 bits per heavy atom. The zero-order valence-corrected chi connectivity index (χ0v) is 15.2. The standard InChI is InChI=1S/C20H27N3O3/c24-19-7-6-16-14-22(20(25)17-10-13-26-21-17)11-9-18(16)23(19)12-8-15-4-2-1-3-5-15/h4,10,13,16,18H,1-3,5-9,11-12,14H2/t16-,18+/m0/s1. The lowest BCUT2D eigenvalue weighted by Crippen LogP contribution is -2.57. The zero-order valence-electron chi connectivity index (χ0n) is 15.2. The Balaban J connectivity index is 1.38. The first-order valence-corrected chi connectivity index (χ1v) is 9.89. The molecule has 0 unspecified atom stereocenters. The molecular weight excluding hydrogens is 330 g/mol. The summed E-state index contributed by atoms with van der Waals surface area (Å²) in [7, 11) is 0. The van der Waals surface area contributed by atoms with Crippen molar-refractivity contribution in [2.24, 2.45) is 5.92 Å². The number of rotatable bonds is 4. The average Bonchev–Trinajstić information content (AvgIpc) is 3.22. The van der Waals surface area contributed by atoms with E-state index < -0.39 is 0 Å². The van der Waals surface area contributed by atoms with Gasteiger partial charge in [-0.3, -0.25) is 9.59 Å². The van der Waals surface area contributed by atoms with Crippen LogP contribution < -0.4 is 0 Å². The maximum atomic E-state index is 12.5. The van der Waals surface area contributed by atoms with E-state index in [1.165, 1.54) is 37.5 Å². The molecule has 1 aromatic heterocycles. The van der Waals surface area contributed by atoms with Gasteiger partial charge >= 0.3 is 0 Å². The number of nitrogens with zero attached hydrogens (tertiary/aromatic N) is 3. The van der Waals surface area contributed by atoms with Gasteiger partial charge in [0.15, 0.2) is 5.69 Å². The highest BCUT2D eigenvalue weighted by Crippen LogP contribution is 2.32. The third kappa shape index (κ3) is 3.55. The molecule has 1 aliphatic carbocycles. The maximum absolute atomic E-state index is 12.5. The fraction of sp³-hybridized carbons (Fsp3) is 0.650. The number of carbonyl (C=O) groups excluding carboxylic acids is 2. The number of likely N-dealkylation sites (tertiary alicyclic amines) is 2. The van der Waals surface area contributed by atoms with Crippen molar-refractivity contribution in [3.05, 3.63) is 29.7 Å². The topological polar surface area (TPSA) is 66.7 Å². The van der Waals surface area contributed by atoms with Crippen molar-refractivity contribution in [3.8, 4) is 0 Å². The number of piperidine rings is 2. The van der Waals surface area contributed by atoms with E-state index in [9.17, 15) is 9.59 Å². The first-order valence-electron chi connectivity index (χ1n) is 9.89. The number of allylic oxidation sites excluding steroid dienone is 1. The molecule has 3 aliphatic rings. The first kappa shape index (κ1) is 17.3. The minimum atomic E-state index is -0.0620. The van der Waals surface area contributed by atoms with Crippen LogP contribution in [0.15, 0.2) is 28.5 Å². The molecule has 0 N–H and O–H groups in total. The molecule has 2 amide bonds. The lowest BCUT2D eigenvalue weighted by molar-refractivity contribution is -0.140. The molecule has 2 fully saturated rings. The molecule has 0 spiro atoms. The Labute approximate surface area is 154 Å². The van der Waals surface area contributed by atoms with Crippen molar-refractivity contribution in [2.75, 3.05) is 19.6 Å². The molecule has 6 heteroatoms. The second-order valence-electron chi connectivity index (χ2n) is 7.74. The van der Waals surface area contributed by atoms with Gasteiger partial charge in [-0.1, -0.05) is 16.8 Å². The summed E-state index contributed by atoms with van der Waals surface area (Å²) >= 11 is 0. The number of amides is 2. The van der Waals surface area contributed by atoms with Gasteiger partial charge in [0.25, 0.3) is 5.91 Å². The Bertz CT molecular complexity index is 682. The lowest BCUT2D eigenvalue weighted by atomic mass is 9.83. The van der Waals surface area contributed by atoms with Crippen molar-refractivity contribution < 1.29 is 14.1 Å². The maximum Gasteiger partial charge on any atom is 0.276 e. The normalized spacial score (nSPS) is 26.5. The minimum absolute atomic E-state index is 0.0620. The van der Waals surface area contributed by atoms with E-state index >= 15 is 0 Å². The highest BCUT2D eigenvalue weighted by Gasteiger charge is 2.40. The molecule has 2 saturated heterocycles. The van der Waals surface area contributed by atoms with Crippen LogP contribution in [0.1, 0.15) is 61.9 Å². The van der Waals surface area contributed by atoms with Crippen LogP contribution in [0, 0.1) is 5.92 Å². The van der Waals surface area contributed by atoms with Gasteiger partial charge in [-0.05, 0) is 50.9 Å². The van der Waals surface area contributed by atoms with Crippen LogP contribution in [0.25, 0.3) is 0 Å². The van der Waals surface area contributed by atoms with E-state index in [4.69, 9.17) is 4.52 Å². The van der Waals surface area contributed by atoms with Crippen molar-refractivity contribution in [2.45, 2.75) is 57.4 Å². The highest BCUT2D eigenvalue weighted by molar-refractivity contribution is 5.92. The Kier molecular flexibility index (Phi) is 5.09. The molecule has 1 aromatic rings. The van der Waals surface area contributed by atoms with Gasteiger partial charge in [-0.25, -0.2) is 0 Å². The summed E-state index contributed by atoms with van der Waals surface area (Å²) in [5, 5.41) is 3.77. The molecule has 0 saturated carbocycles. The van der Waals surface area contributed by atoms with Crippen LogP contribution in [0.2, 0.25) is 0 Å². The fourth-order valence-electron chi connectivity index (χ4n) is 4.71. The molecule has 2 aliphatic heterocycles. The summed E-state index contributed by atoms with van der Waals surface area (Å²) < 4.78 is 4.80. The third-order valence-electron chi connectivity index (χ3n) is 6.15. The summed E-state index contributed by atoms with van der Waals surface area (Å²) in [6.45, 7) is 2.23. The number of carbonyl (C=O) groups is 2. The van der Waals surface area contributed by atoms with Gasteiger partial charge in [0.2, 0.25) is 5.91 Å². The van der Waals surface area contributed by atoms with E-state index in [0.29, 0.717) is 37.0 Å².